The Morgan fingerprint density at radius 1 is 1.03 bits per heavy atom. The molecule has 0 spiro atoms. The summed E-state index contributed by atoms with van der Waals surface area (Å²) in [6.07, 6.45) is 3.48. The van der Waals surface area contributed by atoms with Crippen LogP contribution >= 0.6 is 0 Å². The van der Waals surface area contributed by atoms with Crippen molar-refractivity contribution < 1.29 is 13.2 Å². The highest BCUT2D eigenvalue weighted by Crippen LogP contribution is 2.18. The minimum Gasteiger partial charge on any atom is -0.338 e. The number of aromatic nitrogens is 2. The number of hydrogen-bond donors (Lipinski definition) is 2. The number of rotatable bonds is 8. The molecule has 0 aliphatic carbocycles. The predicted molar refractivity (Wildman–Crippen MR) is 118 cm³/mol. The number of piperazine rings is 1. The van der Waals surface area contributed by atoms with Crippen LogP contribution in [0.1, 0.15) is 5.56 Å². The van der Waals surface area contributed by atoms with E-state index in [1.807, 2.05) is 0 Å². The van der Waals surface area contributed by atoms with Gasteiger partial charge in [0.25, 0.3) is 0 Å². The molecule has 0 radical (unpaired) electrons. The van der Waals surface area contributed by atoms with E-state index in [1.165, 1.54) is 14.1 Å². The van der Waals surface area contributed by atoms with E-state index in [0.29, 0.717) is 12.1 Å². The van der Waals surface area contributed by atoms with Crippen LogP contribution in [0.4, 0.5) is 10.7 Å². The van der Waals surface area contributed by atoms with Crippen molar-refractivity contribution in [2.75, 3.05) is 58.3 Å². The number of hydrogen-bond acceptors (Lipinski definition) is 7. The largest absolute Gasteiger partial charge is 0.338 e. The van der Waals surface area contributed by atoms with Gasteiger partial charge in [-0.25, -0.2) is 27.5 Å². The number of nitrogens with zero attached hydrogens (tertiary/aromatic N) is 5. The van der Waals surface area contributed by atoms with Gasteiger partial charge in [0.15, 0.2) is 0 Å². The van der Waals surface area contributed by atoms with Gasteiger partial charge in [-0.3, -0.25) is 4.90 Å². The minimum absolute atomic E-state index is 0.130. The van der Waals surface area contributed by atoms with Crippen LogP contribution in [0, 0.1) is 0 Å². The second kappa shape index (κ2) is 10.5. The standard InChI is InChI=1S/C20H29N7O3S/c1-25(2)31(29,30)18-7-4-3-6-17(18)16-24-20(28)23-10-11-26-12-14-27(15-13-26)19-21-8-5-9-22-19/h3-9H,10-16H2,1-2H3,(H2,23,24,28). The zero-order valence-corrected chi connectivity index (χ0v) is 18.7. The SMILES string of the molecule is CN(C)S(=O)(=O)c1ccccc1CNC(=O)NCCN1CCN(c2ncccn2)CC1. The molecule has 1 aromatic heterocycles. The first-order valence-corrected chi connectivity index (χ1v) is 11.6. The molecule has 10 nitrogen and oxygen atoms in total. The third-order valence-corrected chi connectivity index (χ3v) is 7.01. The van der Waals surface area contributed by atoms with Crippen molar-refractivity contribution in [1.29, 1.82) is 0 Å². The Balaban J connectivity index is 1.40. The smallest absolute Gasteiger partial charge is 0.315 e. The molecule has 11 heteroatoms. The van der Waals surface area contributed by atoms with Crippen molar-refractivity contribution in [3.8, 4) is 0 Å². The molecule has 0 saturated carbocycles. The van der Waals surface area contributed by atoms with Gasteiger partial charge in [0.05, 0.1) is 4.90 Å². The summed E-state index contributed by atoms with van der Waals surface area (Å²) in [6, 6.07) is 8.15. The molecule has 1 saturated heterocycles. The molecule has 2 amide bonds. The molecule has 2 heterocycles. The summed E-state index contributed by atoms with van der Waals surface area (Å²) < 4.78 is 26.0. The number of carbonyl (C=O) groups excluding carboxylic acids is 1. The first-order chi connectivity index (χ1) is 14.9. The Morgan fingerprint density at radius 3 is 2.39 bits per heavy atom. The fourth-order valence-electron chi connectivity index (χ4n) is 3.29. The second-order valence-electron chi connectivity index (χ2n) is 7.38. The van der Waals surface area contributed by atoms with E-state index in [1.54, 1.807) is 42.7 Å². The second-order valence-corrected chi connectivity index (χ2v) is 9.50. The molecule has 1 aliphatic heterocycles. The van der Waals surface area contributed by atoms with Gasteiger partial charge >= 0.3 is 6.03 Å². The number of urea groups is 1. The maximum Gasteiger partial charge on any atom is 0.315 e. The van der Waals surface area contributed by atoms with Crippen LogP contribution in [-0.2, 0) is 16.6 Å². The zero-order chi connectivity index (χ0) is 22.3. The lowest BCUT2D eigenvalue weighted by atomic mass is 10.2. The molecule has 0 atom stereocenters. The normalized spacial score (nSPS) is 15.1. The average Bonchev–Trinajstić information content (AvgIpc) is 2.79. The summed E-state index contributed by atoms with van der Waals surface area (Å²) in [5.74, 6) is 0.746. The van der Waals surface area contributed by atoms with Crippen molar-refractivity contribution in [2.24, 2.45) is 0 Å². The first-order valence-electron chi connectivity index (χ1n) is 10.1. The van der Waals surface area contributed by atoms with E-state index in [2.05, 4.69) is 30.4 Å². The summed E-state index contributed by atoms with van der Waals surface area (Å²) in [4.78, 5) is 25.3. The van der Waals surface area contributed by atoms with Crippen molar-refractivity contribution in [1.82, 2.24) is 29.8 Å². The molecular weight excluding hydrogens is 418 g/mol. The van der Waals surface area contributed by atoms with Gasteiger partial charge in [0, 0.05) is 72.3 Å². The lowest BCUT2D eigenvalue weighted by Gasteiger charge is -2.34. The Kier molecular flexibility index (Phi) is 7.77. The predicted octanol–water partition coefficient (Wildman–Crippen LogP) is 0.348. The maximum atomic E-state index is 12.4. The highest BCUT2D eigenvalue weighted by Gasteiger charge is 2.21. The van der Waals surface area contributed by atoms with Crippen LogP contribution in [0.5, 0.6) is 0 Å². The molecule has 1 aromatic carbocycles. The summed E-state index contributed by atoms with van der Waals surface area (Å²) in [7, 11) is -0.599. The average molecular weight is 448 g/mol. The summed E-state index contributed by atoms with van der Waals surface area (Å²) in [5, 5.41) is 5.57. The molecule has 168 valence electrons. The number of amides is 2. The minimum atomic E-state index is -3.57. The molecule has 2 N–H and O–H groups in total. The molecule has 0 unspecified atom stereocenters. The molecular formula is C20H29N7O3S. The zero-order valence-electron chi connectivity index (χ0n) is 17.9. The third-order valence-electron chi connectivity index (χ3n) is 5.09. The maximum absolute atomic E-state index is 12.4. The van der Waals surface area contributed by atoms with Crippen LogP contribution in [0.15, 0.2) is 47.6 Å². The lowest BCUT2D eigenvalue weighted by molar-refractivity contribution is 0.231. The topological polar surface area (TPSA) is 111 Å². The lowest BCUT2D eigenvalue weighted by Crippen LogP contribution is -2.49. The van der Waals surface area contributed by atoms with Gasteiger partial charge in [-0.15, -0.1) is 0 Å². The van der Waals surface area contributed by atoms with Crippen LogP contribution in [0.3, 0.4) is 0 Å². The van der Waals surface area contributed by atoms with Gasteiger partial charge in [0.2, 0.25) is 16.0 Å². The Hall–Kier alpha value is -2.76. The van der Waals surface area contributed by atoms with Crippen molar-refractivity contribution in [3.05, 3.63) is 48.3 Å². The van der Waals surface area contributed by atoms with Crippen LogP contribution in [0.2, 0.25) is 0 Å². The third kappa shape index (κ3) is 6.12. The van der Waals surface area contributed by atoms with Gasteiger partial charge < -0.3 is 15.5 Å². The Morgan fingerprint density at radius 2 is 1.71 bits per heavy atom. The highest BCUT2D eigenvalue weighted by atomic mass is 32.2. The first kappa shape index (κ1) is 22.9. The van der Waals surface area contributed by atoms with Crippen molar-refractivity contribution in [3.63, 3.8) is 0 Å². The van der Waals surface area contributed by atoms with Crippen LogP contribution in [0.25, 0.3) is 0 Å². The van der Waals surface area contributed by atoms with E-state index in [0.717, 1.165) is 43.0 Å². The highest BCUT2D eigenvalue weighted by molar-refractivity contribution is 7.89. The molecule has 2 aromatic rings. The van der Waals surface area contributed by atoms with Crippen molar-refractivity contribution >= 4 is 22.0 Å². The van der Waals surface area contributed by atoms with Crippen LogP contribution < -0.4 is 15.5 Å². The molecule has 3 rings (SSSR count). The Labute approximate surface area is 183 Å². The van der Waals surface area contributed by atoms with E-state index in [4.69, 9.17) is 0 Å². The van der Waals surface area contributed by atoms with Crippen LogP contribution in [-0.4, -0.2) is 87.0 Å². The van der Waals surface area contributed by atoms with E-state index < -0.39 is 10.0 Å². The van der Waals surface area contributed by atoms with E-state index in [9.17, 15) is 13.2 Å². The molecule has 31 heavy (non-hydrogen) atoms. The number of sulfonamides is 1. The number of carbonyl (C=O) groups is 1. The number of anilines is 1. The van der Waals surface area contributed by atoms with Gasteiger partial charge in [-0.05, 0) is 17.7 Å². The summed E-state index contributed by atoms with van der Waals surface area (Å²) >= 11 is 0. The number of benzene rings is 1. The van der Waals surface area contributed by atoms with Gasteiger partial charge in [0.1, 0.15) is 0 Å². The monoisotopic (exact) mass is 447 g/mol. The molecule has 0 bridgehead atoms. The fraction of sp³-hybridized carbons (Fsp3) is 0.450. The van der Waals surface area contributed by atoms with Gasteiger partial charge in [-0.1, -0.05) is 18.2 Å². The summed E-state index contributed by atoms with van der Waals surface area (Å²) in [5.41, 5.74) is 0.547. The molecule has 1 aliphatic rings. The van der Waals surface area contributed by atoms with E-state index >= 15 is 0 Å². The fourth-order valence-corrected chi connectivity index (χ4v) is 4.41. The quantitative estimate of drug-likeness (QED) is 0.601. The van der Waals surface area contributed by atoms with Crippen molar-refractivity contribution in [2.45, 2.75) is 11.4 Å². The number of nitrogens with one attached hydrogen (secondary N) is 2. The van der Waals surface area contributed by atoms with E-state index in [-0.39, 0.29) is 17.5 Å². The Bertz CT molecular complexity index is 962. The summed E-state index contributed by atoms with van der Waals surface area (Å²) in [6.45, 7) is 4.80. The molecule has 1 fully saturated rings. The van der Waals surface area contributed by atoms with Gasteiger partial charge in [-0.2, -0.15) is 0 Å².